The van der Waals surface area contributed by atoms with Crippen molar-refractivity contribution in [1.82, 2.24) is 5.43 Å². The van der Waals surface area contributed by atoms with E-state index in [1.54, 1.807) is 6.08 Å². The Balaban J connectivity index is 1.80. The molecule has 0 aliphatic rings. The number of nitrogens with zero attached hydrogens (tertiary/aromatic N) is 1. The summed E-state index contributed by atoms with van der Waals surface area (Å²) in [6.45, 7) is 3.87. The van der Waals surface area contributed by atoms with Crippen LogP contribution in [0, 0.1) is 17.4 Å². The summed E-state index contributed by atoms with van der Waals surface area (Å²) in [7, 11) is 0. The van der Waals surface area contributed by atoms with Crippen LogP contribution in [-0.2, 0) is 4.79 Å². The molecule has 2 aromatic carbocycles. The molecule has 0 radical (unpaired) electrons. The van der Waals surface area contributed by atoms with Gasteiger partial charge in [-0.2, -0.15) is 5.10 Å². The van der Waals surface area contributed by atoms with Gasteiger partial charge in [-0.25, -0.2) is 5.43 Å². The van der Waals surface area contributed by atoms with Gasteiger partial charge in [0, 0.05) is 9.78 Å². The summed E-state index contributed by atoms with van der Waals surface area (Å²) in [5.41, 5.74) is 5.55. The molecule has 24 heavy (non-hydrogen) atoms. The van der Waals surface area contributed by atoms with Gasteiger partial charge in [-0.1, -0.05) is 36.4 Å². The average molecular weight is 434 g/mol. The van der Waals surface area contributed by atoms with Crippen LogP contribution in [-0.4, -0.2) is 18.7 Å². The number of carbonyl (C=O) groups is 1. The van der Waals surface area contributed by atoms with Crippen molar-refractivity contribution < 1.29 is 9.53 Å². The molecule has 0 aliphatic carbocycles. The molecule has 0 heterocycles. The first-order valence-electron chi connectivity index (χ1n) is 7.49. The van der Waals surface area contributed by atoms with Gasteiger partial charge in [-0.05, 0) is 71.3 Å². The third-order valence-corrected chi connectivity index (χ3v) is 3.83. The lowest BCUT2D eigenvalue weighted by atomic mass is 10.1. The number of hydrazone groups is 1. The summed E-state index contributed by atoms with van der Waals surface area (Å²) in [6.07, 6.45) is 5.21. The standard InChI is InChI=1S/C19H19IN2O2/c1-14-11-17(20)12-15(2)19(14)24-13-18(23)22-21-10-6-9-16-7-4-3-5-8-16/h3-12H,13H2,1-2H3,(H,22,23)/b9-6+,21-10-. The number of carbonyl (C=O) groups excluding carboxylic acids is 1. The van der Waals surface area contributed by atoms with Crippen LogP contribution < -0.4 is 10.2 Å². The van der Waals surface area contributed by atoms with Gasteiger partial charge in [0.2, 0.25) is 0 Å². The third kappa shape index (κ3) is 5.81. The molecule has 0 aromatic heterocycles. The van der Waals surface area contributed by atoms with Gasteiger partial charge in [-0.3, -0.25) is 4.79 Å². The highest BCUT2D eigenvalue weighted by atomic mass is 127. The van der Waals surface area contributed by atoms with Crippen LogP contribution >= 0.6 is 22.6 Å². The van der Waals surface area contributed by atoms with E-state index in [0.29, 0.717) is 0 Å². The Morgan fingerprint density at radius 1 is 1.21 bits per heavy atom. The largest absolute Gasteiger partial charge is 0.483 e. The van der Waals surface area contributed by atoms with Crippen molar-refractivity contribution in [3.8, 4) is 5.75 Å². The van der Waals surface area contributed by atoms with Crippen molar-refractivity contribution in [2.24, 2.45) is 5.10 Å². The molecular weight excluding hydrogens is 415 g/mol. The van der Waals surface area contributed by atoms with Crippen molar-refractivity contribution in [2.45, 2.75) is 13.8 Å². The Morgan fingerprint density at radius 3 is 2.54 bits per heavy atom. The van der Waals surface area contributed by atoms with Crippen LogP contribution in [0.5, 0.6) is 5.75 Å². The molecule has 0 saturated heterocycles. The van der Waals surface area contributed by atoms with Gasteiger partial charge in [-0.15, -0.1) is 0 Å². The predicted octanol–water partition coefficient (Wildman–Crippen LogP) is 4.10. The molecule has 2 rings (SSSR count). The van der Waals surface area contributed by atoms with Crippen molar-refractivity contribution in [2.75, 3.05) is 6.61 Å². The first-order valence-corrected chi connectivity index (χ1v) is 8.57. The maximum absolute atomic E-state index is 11.8. The summed E-state index contributed by atoms with van der Waals surface area (Å²) in [5, 5.41) is 3.87. The Kier molecular flexibility index (Phi) is 6.99. The van der Waals surface area contributed by atoms with Crippen LogP contribution in [0.3, 0.4) is 0 Å². The van der Waals surface area contributed by atoms with Gasteiger partial charge in [0.25, 0.3) is 5.91 Å². The van der Waals surface area contributed by atoms with Crippen molar-refractivity contribution in [3.05, 3.63) is 68.8 Å². The normalized spacial score (nSPS) is 11.1. The molecule has 1 amide bonds. The third-order valence-electron chi connectivity index (χ3n) is 3.21. The Labute approximate surface area is 155 Å². The number of halogens is 1. The number of hydrogen-bond donors (Lipinski definition) is 1. The van der Waals surface area contributed by atoms with Crippen LogP contribution in [0.25, 0.3) is 6.08 Å². The summed E-state index contributed by atoms with van der Waals surface area (Å²) in [5.74, 6) is 0.454. The maximum Gasteiger partial charge on any atom is 0.277 e. The second-order valence-electron chi connectivity index (χ2n) is 5.24. The molecule has 0 aliphatic heterocycles. The minimum absolute atomic E-state index is 0.0674. The van der Waals surface area contributed by atoms with E-state index in [1.165, 1.54) is 6.21 Å². The molecule has 124 valence electrons. The molecule has 2 aromatic rings. The lowest BCUT2D eigenvalue weighted by Crippen LogP contribution is -2.24. The molecule has 4 nitrogen and oxygen atoms in total. The van der Waals surface area contributed by atoms with Crippen molar-refractivity contribution in [1.29, 1.82) is 0 Å². The SMILES string of the molecule is Cc1cc(I)cc(C)c1OCC(=O)N/N=C\C=C\c1ccccc1. The quantitative estimate of drug-likeness (QED) is 0.423. The molecule has 1 N–H and O–H groups in total. The molecule has 0 fully saturated rings. The van der Waals surface area contributed by atoms with E-state index in [9.17, 15) is 4.79 Å². The van der Waals surface area contributed by atoms with Gasteiger partial charge in [0.05, 0.1) is 0 Å². The molecule has 5 heteroatoms. The first kappa shape index (κ1) is 18.2. The fraction of sp³-hybridized carbons (Fsp3) is 0.158. The van der Waals surface area contributed by atoms with Crippen molar-refractivity contribution in [3.63, 3.8) is 0 Å². The van der Waals surface area contributed by atoms with E-state index in [4.69, 9.17) is 4.74 Å². The Morgan fingerprint density at radius 2 is 1.88 bits per heavy atom. The Hall–Kier alpha value is -2.15. The number of amides is 1. The highest BCUT2D eigenvalue weighted by Gasteiger charge is 2.08. The van der Waals surface area contributed by atoms with Crippen LogP contribution in [0.2, 0.25) is 0 Å². The highest BCUT2D eigenvalue weighted by molar-refractivity contribution is 14.1. The summed E-state index contributed by atoms with van der Waals surface area (Å²) in [6, 6.07) is 13.9. The smallest absolute Gasteiger partial charge is 0.277 e. The van der Waals surface area contributed by atoms with Gasteiger partial charge >= 0.3 is 0 Å². The minimum Gasteiger partial charge on any atom is -0.483 e. The fourth-order valence-corrected chi connectivity index (χ4v) is 3.10. The second kappa shape index (κ2) is 9.22. The highest BCUT2D eigenvalue weighted by Crippen LogP contribution is 2.25. The van der Waals surface area contributed by atoms with E-state index >= 15 is 0 Å². The number of allylic oxidation sites excluding steroid dienone is 1. The zero-order valence-electron chi connectivity index (χ0n) is 13.6. The first-order chi connectivity index (χ1) is 11.6. The van der Waals surface area contributed by atoms with E-state index in [2.05, 4.69) is 33.1 Å². The van der Waals surface area contributed by atoms with E-state index in [0.717, 1.165) is 26.0 Å². The van der Waals surface area contributed by atoms with Gasteiger partial charge in [0.15, 0.2) is 6.61 Å². The zero-order valence-corrected chi connectivity index (χ0v) is 15.8. The maximum atomic E-state index is 11.8. The summed E-state index contributed by atoms with van der Waals surface area (Å²) < 4.78 is 6.75. The number of rotatable bonds is 6. The minimum atomic E-state index is -0.295. The Bertz CT molecular complexity index is 732. The zero-order chi connectivity index (χ0) is 17.4. The molecule has 0 bridgehead atoms. The van der Waals surface area contributed by atoms with Crippen LogP contribution in [0.1, 0.15) is 16.7 Å². The topological polar surface area (TPSA) is 50.7 Å². The number of nitrogens with one attached hydrogen (secondary N) is 1. The lowest BCUT2D eigenvalue weighted by molar-refractivity contribution is -0.123. The van der Waals surface area contributed by atoms with Crippen LogP contribution in [0.4, 0.5) is 0 Å². The van der Waals surface area contributed by atoms with Crippen LogP contribution in [0.15, 0.2) is 53.6 Å². The number of benzene rings is 2. The van der Waals surface area contributed by atoms with E-state index in [-0.39, 0.29) is 12.5 Å². The lowest BCUT2D eigenvalue weighted by Gasteiger charge is -2.11. The van der Waals surface area contributed by atoms with Crippen molar-refractivity contribution >= 4 is 40.8 Å². The second-order valence-corrected chi connectivity index (χ2v) is 6.49. The van der Waals surface area contributed by atoms with Gasteiger partial charge in [0.1, 0.15) is 5.75 Å². The monoisotopic (exact) mass is 434 g/mol. The molecule has 0 spiro atoms. The fourth-order valence-electron chi connectivity index (χ4n) is 2.17. The number of hydrogen-bond acceptors (Lipinski definition) is 3. The van der Waals surface area contributed by atoms with E-state index in [1.807, 2.05) is 62.4 Å². The average Bonchev–Trinajstić information content (AvgIpc) is 2.54. The molecule has 0 saturated carbocycles. The number of ether oxygens (including phenoxy) is 1. The number of aryl methyl sites for hydroxylation is 2. The molecular formula is C19H19IN2O2. The van der Waals surface area contributed by atoms with E-state index < -0.39 is 0 Å². The van der Waals surface area contributed by atoms with Gasteiger partial charge < -0.3 is 4.74 Å². The summed E-state index contributed by atoms with van der Waals surface area (Å²) >= 11 is 2.26. The summed E-state index contributed by atoms with van der Waals surface area (Å²) in [4.78, 5) is 11.8. The predicted molar refractivity (Wildman–Crippen MR) is 106 cm³/mol. The molecule has 0 atom stereocenters. The molecule has 0 unspecified atom stereocenters.